The van der Waals surface area contributed by atoms with E-state index in [1.807, 2.05) is 0 Å². The first-order valence-electron chi connectivity index (χ1n) is 6.03. The molecule has 0 aromatic rings. The van der Waals surface area contributed by atoms with Crippen molar-refractivity contribution < 1.29 is 0 Å². The monoisotopic (exact) mass is 196 g/mol. The third-order valence-electron chi connectivity index (χ3n) is 3.58. The van der Waals surface area contributed by atoms with E-state index in [4.69, 9.17) is 0 Å². The normalized spacial score (nSPS) is 36.4. The van der Waals surface area contributed by atoms with Crippen molar-refractivity contribution in [2.75, 3.05) is 19.6 Å². The SMILES string of the molecule is C1CCN2NC3CCCCN3N2CC1. The summed E-state index contributed by atoms with van der Waals surface area (Å²) in [4.78, 5) is 0. The fourth-order valence-electron chi connectivity index (χ4n) is 2.82. The van der Waals surface area contributed by atoms with Crippen LogP contribution in [0.25, 0.3) is 0 Å². The quantitative estimate of drug-likeness (QED) is 0.622. The Morgan fingerprint density at radius 2 is 1.71 bits per heavy atom. The van der Waals surface area contributed by atoms with Crippen molar-refractivity contribution in [3.05, 3.63) is 0 Å². The summed E-state index contributed by atoms with van der Waals surface area (Å²) in [6, 6.07) is 0. The Kier molecular flexibility index (Phi) is 2.45. The Bertz CT molecular complexity index is 208. The molecule has 1 unspecified atom stereocenters. The predicted molar refractivity (Wildman–Crippen MR) is 54.7 cm³/mol. The van der Waals surface area contributed by atoms with Gasteiger partial charge in [0.2, 0.25) is 0 Å². The smallest absolute Gasteiger partial charge is 0.0892 e. The van der Waals surface area contributed by atoms with E-state index in [9.17, 15) is 0 Å². The van der Waals surface area contributed by atoms with Gasteiger partial charge in [-0.3, -0.25) is 0 Å². The summed E-state index contributed by atoms with van der Waals surface area (Å²) in [6.07, 6.45) is 8.73. The fourth-order valence-corrected chi connectivity index (χ4v) is 2.82. The Hall–Kier alpha value is -0.160. The summed E-state index contributed by atoms with van der Waals surface area (Å²) in [5, 5.41) is 7.34. The maximum atomic E-state index is 3.62. The second-order valence-corrected chi connectivity index (χ2v) is 4.58. The molecule has 1 atom stereocenters. The number of rotatable bonds is 0. The molecule has 0 aromatic carbocycles. The second kappa shape index (κ2) is 3.77. The third kappa shape index (κ3) is 1.46. The van der Waals surface area contributed by atoms with E-state index < -0.39 is 0 Å². The van der Waals surface area contributed by atoms with Gasteiger partial charge >= 0.3 is 0 Å². The van der Waals surface area contributed by atoms with Crippen LogP contribution in [0.15, 0.2) is 0 Å². The average molecular weight is 196 g/mol. The van der Waals surface area contributed by atoms with Crippen molar-refractivity contribution in [2.45, 2.75) is 44.7 Å². The Morgan fingerprint density at radius 1 is 0.857 bits per heavy atom. The minimum atomic E-state index is 0.599. The predicted octanol–water partition coefficient (Wildman–Crippen LogP) is 0.935. The lowest BCUT2D eigenvalue weighted by Gasteiger charge is -2.34. The molecular weight excluding hydrogens is 176 g/mol. The maximum absolute atomic E-state index is 3.62. The van der Waals surface area contributed by atoms with Crippen molar-refractivity contribution in [3.63, 3.8) is 0 Å². The Morgan fingerprint density at radius 3 is 2.71 bits per heavy atom. The molecule has 0 bridgehead atoms. The van der Waals surface area contributed by atoms with E-state index in [-0.39, 0.29) is 0 Å². The molecule has 3 saturated heterocycles. The van der Waals surface area contributed by atoms with E-state index >= 15 is 0 Å². The summed E-state index contributed by atoms with van der Waals surface area (Å²) in [6.45, 7) is 3.64. The first-order chi connectivity index (χ1) is 6.95. The molecule has 3 aliphatic heterocycles. The molecule has 14 heavy (non-hydrogen) atoms. The zero-order chi connectivity index (χ0) is 9.38. The lowest BCUT2D eigenvalue weighted by molar-refractivity contribution is -0.137. The van der Waals surface area contributed by atoms with Crippen molar-refractivity contribution in [2.24, 2.45) is 0 Å². The van der Waals surface area contributed by atoms with Gasteiger partial charge in [0, 0.05) is 19.6 Å². The van der Waals surface area contributed by atoms with Gasteiger partial charge in [-0.1, -0.05) is 6.42 Å². The van der Waals surface area contributed by atoms with Crippen LogP contribution in [-0.2, 0) is 0 Å². The highest BCUT2D eigenvalue weighted by molar-refractivity contribution is 4.78. The molecule has 3 heterocycles. The molecule has 4 nitrogen and oxygen atoms in total. The van der Waals surface area contributed by atoms with Gasteiger partial charge in [0.25, 0.3) is 0 Å². The van der Waals surface area contributed by atoms with Crippen LogP contribution in [0, 0.1) is 0 Å². The summed E-state index contributed by atoms with van der Waals surface area (Å²) >= 11 is 0. The maximum Gasteiger partial charge on any atom is 0.0892 e. The number of fused-ring (bicyclic) bond motifs is 3. The lowest BCUT2D eigenvalue weighted by Crippen LogP contribution is -2.47. The molecular formula is C10H20N4. The number of hydrogen-bond acceptors (Lipinski definition) is 4. The molecule has 3 rings (SSSR count). The molecule has 0 radical (unpaired) electrons. The molecule has 0 aliphatic carbocycles. The summed E-state index contributed by atoms with van der Waals surface area (Å²) < 4.78 is 0. The van der Waals surface area contributed by atoms with Crippen LogP contribution < -0.4 is 5.43 Å². The third-order valence-corrected chi connectivity index (χ3v) is 3.58. The molecule has 3 fully saturated rings. The highest BCUT2D eigenvalue weighted by atomic mass is 16.0. The van der Waals surface area contributed by atoms with Gasteiger partial charge in [-0.2, -0.15) is 10.2 Å². The fraction of sp³-hybridized carbons (Fsp3) is 1.00. The number of hydrogen-bond donors (Lipinski definition) is 1. The first kappa shape index (κ1) is 9.09. The van der Waals surface area contributed by atoms with Crippen LogP contribution in [0.2, 0.25) is 0 Å². The van der Waals surface area contributed by atoms with Crippen molar-refractivity contribution in [1.29, 1.82) is 0 Å². The summed E-state index contributed by atoms with van der Waals surface area (Å²) in [5.41, 5.74) is 3.62. The topological polar surface area (TPSA) is 21.8 Å². The van der Waals surface area contributed by atoms with Crippen LogP contribution in [0.4, 0.5) is 0 Å². The first-order valence-corrected chi connectivity index (χ1v) is 6.03. The van der Waals surface area contributed by atoms with Gasteiger partial charge in [-0.15, -0.1) is 0 Å². The molecule has 0 aromatic heterocycles. The Labute approximate surface area is 85.7 Å². The molecule has 1 N–H and O–H groups in total. The van der Waals surface area contributed by atoms with Crippen LogP contribution in [0.3, 0.4) is 0 Å². The number of nitrogens with zero attached hydrogens (tertiary/aromatic N) is 3. The van der Waals surface area contributed by atoms with Gasteiger partial charge in [0.1, 0.15) is 0 Å². The molecule has 0 saturated carbocycles. The standard InChI is InChI=1S/C10H20N4/c1-3-8-13-11-10-6-2-5-7-12(10)14(13)9-4-1/h10-11H,1-9H2. The lowest BCUT2D eigenvalue weighted by atomic mass is 10.1. The Balaban J connectivity index is 1.75. The number of piperidine rings is 1. The van der Waals surface area contributed by atoms with Crippen molar-refractivity contribution >= 4 is 0 Å². The van der Waals surface area contributed by atoms with E-state index in [2.05, 4.69) is 20.7 Å². The van der Waals surface area contributed by atoms with Gasteiger partial charge in [0.05, 0.1) is 6.17 Å². The van der Waals surface area contributed by atoms with Crippen LogP contribution in [0.5, 0.6) is 0 Å². The molecule has 0 spiro atoms. The van der Waals surface area contributed by atoms with Crippen LogP contribution >= 0.6 is 0 Å². The van der Waals surface area contributed by atoms with E-state index in [0.29, 0.717) is 6.17 Å². The van der Waals surface area contributed by atoms with Gasteiger partial charge in [0.15, 0.2) is 0 Å². The molecule has 0 amide bonds. The number of nitrogens with one attached hydrogen (secondary N) is 1. The molecule has 3 aliphatic rings. The van der Waals surface area contributed by atoms with Crippen molar-refractivity contribution in [3.8, 4) is 0 Å². The minimum absolute atomic E-state index is 0.599. The second-order valence-electron chi connectivity index (χ2n) is 4.58. The van der Waals surface area contributed by atoms with Crippen LogP contribution in [0.1, 0.15) is 38.5 Å². The highest BCUT2D eigenvalue weighted by Gasteiger charge is 2.38. The van der Waals surface area contributed by atoms with Gasteiger partial charge in [-0.25, -0.2) is 10.4 Å². The van der Waals surface area contributed by atoms with Gasteiger partial charge < -0.3 is 0 Å². The van der Waals surface area contributed by atoms with Crippen LogP contribution in [-0.4, -0.2) is 41.0 Å². The van der Waals surface area contributed by atoms with E-state index in [1.54, 1.807) is 0 Å². The minimum Gasteiger partial charge on any atom is -0.222 e. The zero-order valence-electron chi connectivity index (χ0n) is 8.78. The average Bonchev–Trinajstić information content (AvgIpc) is 2.42. The highest BCUT2D eigenvalue weighted by Crippen LogP contribution is 2.26. The summed E-state index contributed by atoms with van der Waals surface area (Å²) in [7, 11) is 0. The molecule has 80 valence electrons. The van der Waals surface area contributed by atoms with E-state index in [1.165, 1.54) is 58.2 Å². The van der Waals surface area contributed by atoms with Crippen molar-refractivity contribution in [1.82, 2.24) is 20.7 Å². The largest absolute Gasteiger partial charge is 0.222 e. The number of hydrazine groups is 3. The van der Waals surface area contributed by atoms with Gasteiger partial charge in [-0.05, 0) is 32.1 Å². The zero-order valence-corrected chi connectivity index (χ0v) is 8.78. The molecule has 4 heteroatoms. The summed E-state index contributed by atoms with van der Waals surface area (Å²) in [5.74, 6) is 0. The van der Waals surface area contributed by atoms with E-state index in [0.717, 1.165) is 0 Å².